The highest BCUT2D eigenvalue weighted by Crippen LogP contribution is 2.03. The number of carbonyl (C=O) groups is 1. The molecule has 0 aliphatic carbocycles. The first-order valence-corrected chi connectivity index (χ1v) is 2.78. The molecule has 0 amide bonds. The summed E-state index contributed by atoms with van der Waals surface area (Å²) < 4.78 is 7.52. The van der Waals surface area contributed by atoms with Gasteiger partial charge in [0.15, 0.2) is 5.96 Å². The van der Waals surface area contributed by atoms with Crippen molar-refractivity contribution in [1.82, 2.24) is 0 Å². The van der Waals surface area contributed by atoms with Gasteiger partial charge in [-0.2, -0.15) is 4.40 Å². The summed E-state index contributed by atoms with van der Waals surface area (Å²) in [7, 11) is 1.25. The van der Waals surface area contributed by atoms with Crippen LogP contribution in [-0.2, 0) is 4.74 Å². The number of rotatable bonds is 1. The second kappa shape index (κ2) is 4.02. The summed E-state index contributed by atoms with van der Waals surface area (Å²) in [5.41, 5.74) is 9.79. The Morgan fingerprint density at radius 2 is 2.22 bits per heavy atom. The molecule has 0 aliphatic heterocycles. The number of nitrogens with zero attached hydrogens (tertiary/aromatic N) is 1. The van der Waals surface area contributed by atoms with Gasteiger partial charge in [-0.15, -0.1) is 0 Å². The molecule has 5 nitrogen and oxygen atoms in total. The second-order valence-electron chi connectivity index (χ2n) is 1.06. The average molecular weight is 149 g/mol. The SMILES string of the molecule is COC(=O)SN=C(N)N. The predicted molar refractivity (Wildman–Crippen MR) is 35.8 cm³/mol. The highest BCUT2D eigenvalue weighted by molar-refractivity contribution is 8.12. The average Bonchev–Trinajstić information content (AvgIpc) is 1.83. The van der Waals surface area contributed by atoms with E-state index in [0.717, 1.165) is 0 Å². The van der Waals surface area contributed by atoms with E-state index in [1.807, 2.05) is 0 Å². The zero-order valence-corrected chi connectivity index (χ0v) is 5.64. The molecule has 9 heavy (non-hydrogen) atoms. The molecule has 0 bridgehead atoms. The molecule has 0 aromatic rings. The molecule has 0 rings (SSSR count). The summed E-state index contributed by atoms with van der Waals surface area (Å²) in [6.07, 6.45) is 0. The lowest BCUT2D eigenvalue weighted by Crippen LogP contribution is -2.21. The molecule has 4 N–H and O–H groups in total. The van der Waals surface area contributed by atoms with Crippen LogP contribution in [0, 0.1) is 0 Å². The van der Waals surface area contributed by atoms with Gasteiger partial charge < -0.3 is 16.2 Å². The first-order valence-electron chi connectivity index (χ1n) is 2.00. The molecule has 0 fully saturated rings. The Labute approximate surface area is 56.6 Å². The van der Waals surface area contributed by atoms with Gasteiger partial charge in [-0.1, -0.05) is 0 Å². The van der Waals surface area contributed by atoms with Crippen molar-refractivity contribution < 1.29 is 9.53 Å². The highest BCUT2D eigenvalue weighted by atomic mass is 32.2. The molecule has 52 valence electrons. The van der Waals surface area contributed by atoms with Crippen LogP contribution in [-0.4, -0.2) is 18.4 Å². The van der Waals surface area contributed by atoms with Crippen LogP contribution in [0.25, 0.3) is 0 Å². The first-order chi connectivity index (χ1) is 4.16. The molecule has 0 radical (unpaired) electrons. The molecule has 0 spiro atoms. The van der Waals surface area contributed by atoms with Crippen molar-refractivity contribution in [1.29, 1.82) is 0 Å². The van der Waals surface area contributed by atoms with Gasteiger partial charge in [-0.25, -0.2) is 4.79 Å². The molecule has 0 saturated carbocycles. The Kier molecular flexibility index (Phi) is 3.61. The van der Waals surface area contributed by atoms with E-state index in [1.165, 1.54) is 7.11 Å². The smallest absolute Gasteiger partial charge is 0.389 e. The van der Waals surface area contributed by atoms with Crippen molar-refractivity contribution in [2.45, 2.75) is 0 Å². The third-order valence-corrected chi connectivity index (χ3v) is 1.01. The lowest BCUT2D eigenvalue weighted by molar-refractivity contribution is 0.200. The van der Waals surface area contributed by atoms with E-state index in [0.29, 0.717) is 11.9 Å². The maximum atomic E-state index is 10.2. The van der Waals surface area contributed by atoms with Crippen molar-refractivity contribution in [3.05, 3.63) is 0 Å². The standard InChI is InChI=1S/C3H7N3O2S/c1-8-3(7)9-6-2(4)5/h1H3,(H4,4,5,6). The number of hydrogen-bond donors (Lipinski definition) is 2. The van der Waals surface area contributed by atoms with Crippen LogP contribution in [0.3, 0.4) is 0 Å². The summed E-state index contributed by atoms with van der Waals surface area (Å²) in [5.74, 6) is -0.148. The third-order valence-electron chi connectivity index (χ3n) is 0.392. The zero-order valence-electron chi connectivity index (χ0n) is 4.83. The Morgan fingerprint density at radius 1 is 1.67 bits per heavy atom. The Morgan fingerprint density at radius 3 is 2.56 bits per heavy atom. The van der Waals surface area contributed by atoms with Crippen molar-refractivity contribution in [2.24, 2.45) is 15.9 Å². The fourth-order valence-electron chi connectivity index (χ4n) is 0.127. The van der Waals surface area contributed by atoms with E-state index in [2.05, 4.69) is 9.13 Å². The van der Waals surface area contributed by atoms with Crippen LogP contribution in [0.2, 0.25) is 0 Å². The normalized spacial score (nSPS) is 8.11. The number of carbonyl (C=O) groups excluding carboxylic acids is 1. The first kappa shape index (κ1) is 8.09. The van der Waals surface area contributed by atoms with E-state index >= 15 is 0 Å². The fraction of sp³-hybridized carbons (Fsp3) is 0.333. The van der Waals surface area contributed by atoms with Crippen LogP contribution < -0.4 is 11.5 Å². The molecular formula is C3H7N3O2S. The van der Waals surface area contributed by atoms with Crippen LogP contribution >= 0.6 is 11.9 Å². The summed E-state index contributed by atoms with van der Waals surface area (Å²) in [5, 5.41) is -0.539. The van der Waals surface area contributed by atoms with E-state index in [4.69, 9.17) is 11.5 Å². The minimum atomic E-state index is -0.539. The maximum Gasteiger partial charge on any atom is 0.389 e. The predicted octanol–water partition coefficient (Wildman–Crippen LogP) is -0.326. The molecular weight excluding hydrogens is 142 g/mol. The molecule has 0 heterocycles. The van der Waals surface area contributed by atoms with Gasteiger partial charge in [-0.05, 0) is 0 Å². The Hall–Kier alpha value is -0.910. The van der Waals surface area contributed by atoms with Crippen molar-refractivity contribution in [3.63, 3.8) is 0 Å². The summed E-state index contributed by atoms with van der Waals surface area (Å²) in [6.45, 7) is 0. The van der Waals surface area contributed by atoms with Gasteiger partial charge >= 0.3 is 5.30 Å². The van der Waals surface area contributed by atoms with Crippen LogP contribution in [0.4, 0.5) is 4.79 Å². The Balaban J connectivity index is 3.50. The van der Waals surface area contributed by atoms with Crippen molar-refractivity contribution >= 4 is 23.2 Å². The minimum absolute atomic E-state index is 0.148. The lowest BCUT2D eigenvalue weighted by atomic mass is 11.1. The highest BCUT2D eigenvalue weighted by Gasteiger charge is 1.96. The van der Waals surface area contributed by atoms with E-state index < -0.39 is 5.30 Å². The van der Waals surface area contributed by atoms with Crippen molar-refractivity contribution in [2.75, 3.05) is 7.11 Å². The van der Waals surface area contributed by atoms with Gasteiger partial charge in [0.1, 0.15) is 0 Å². The summed E-state index contributed by atoms with van der Waals surface area (Å²) >= 11 is 0.561. The van der Waals surface area contributed by atoms with Gasteiger partial charge in [0, 0.05) is 0 Å². The van der Waals surface area contributed by atoms with Crippen LogP contribution in [0.1, 0.15) is 0 Å². The molecule has 0 aromatic heterocycles. The van der Waals surface area contributed by atoms with Gasteiger partial charge in [0.2, 0.25) is 0 Å². The lowest BCUT2D eigenvalue weighted by Gasteiger charge is -1.90. The molecule has 0 aliphatic rings. The maximum absolute atomic E-state index is 10.2. The van der Waals surface area contributed by atoms with Crippen LogP contribution in [0.5, 0.6) is 0 Å². The summed E-state index contributed by atoms with van der Waals surface area (Å²) in [6, 6.07) is 0. The molecule has 0 atom stereocenters. The number of nitrogens with two attached hydrogens (primary N) is 2. The molecule has 6 heteroatoms. The van der Waals surface area contributed by atoms with E-state index in [1.54, 1.807) is 0 Å². The van der Waals surface area contributed by atoms with Crippen molar-refractivity contribution in [3.8, 4) is 0 Å². The molecule has 0 aromatic carbocycles. The largest absolute Gasteiger partial charge is 0.460 e. The zero-order chi connectivity index (χ0) is 7.28. The summed E-state index contributed by atoms with van der Waals surface area (Å²) in [4.78, 5) is 10.2. The van der Waals surface area contributed by atoms with Gasteiger partial charge in [0.05, 0.1) is 19.1 Å². The number of ether oxygens (including phenoxy) is 1. The second-order valence-corrected chi connectivity index (χ2v) is 1.76. The third kappa shape index (κ3) is 4.95. The molecule has 0 unspecified atom stereocenters. The number of methoxy groups -OCH3 is 1. The monoisotopic (exact) mass is 149 g/mol. The number of hydrogen-bond acceptors (Lipinski definition) is 4. The topological polar surface area (TPSA) is 90.7 Å². The van der Waals surface area contributed by atoms with Crippen LogP contribution in [0.15, 0.2) is 4.40 Å². The van der Waals surface area contributed by atoms with E-state index in [-0.39, 0.29) is 5.96 Å². The van der Waals surface area contributed by atoms with E-state index in [9.17, 15) is 4.79 Å². The van der Waals surface area contributed by atoms with Gasteiger partial charge in [-0.3, -0.25) is 0 Å². The minimum Gasteiger partial charge on any atom is -0.460 e. The number of guanidine groups is 1. The fourth-order valence-corrected chi connectivity index (χ4v) is 0.382. The van der Waals surface area contributed by atoms with Gasteiger partial charge in [0.25, 0.3) is 0 Å². The molecule has 0 saturated heterocycles. The Bertz CT molecular complexity index is 131. The quantitative estimate of drug-likeness (QED) is 0.230.